The van der Waals surface area contributed by atoms with Crippen LogP contribution in [0.3, 0.4) is 0 Å². The molecule has 5 rings (SSSR count). The summed E-state index contributed by atoms with van der Waals surface area (Å²) in [6, 6.07) is 24.4. The van der Waals surface area contributed by atoms with Crippen LogP contribution in [-0.4, -0.2) is 24.9 Å². The molecule has 0 aromatic heterocycles. The highest BCUT2D eigenvalue weighted by molar-refractivity contribution is 6.01. The summed E-state index contributed by atoms with van der Waals surface area (Å²) in [5.41, 5.74) is 4.32. The summed E-state index contributed by atoms with van der Waals surface area (Å²) in [6.07, 6.45) is 0.483. The molecule has 0 N–H and O–H groups in total. The van der Waals surface area contributed by atoms with Gasteiger partial charge in [0.1, 0.15) is 5.75 Å². The molecule has 5 heteroatoms. The summed E-state index contributed by atoms with van der Waals surface area (Å²) < 4.78 is 17.4. The van der Waals surface area contributed by atoms with Crippen molar-refractivity contribution in [2.75, 3.05) is 14.2 Å². The Labute approximate surface area is 170 Å². The SMILES string of the molecule is COc1ccc([C@H]2Oc3c(OC)cccc3[C@H]3CC(c4ccccc4)=NN32)cc1. The lowest BCUT2D eigenvalue weighted by molar-refractivity contribution is -0.0209. The molecule has 146 valence electrons. The van der Waals surface area contributed by atoms with E-state index in [9.17, 15) is 0 Å². The molecule has 0 saturated heterocycles. The minimum absolute atomic E-state index is 0.0937. The average molecular weight is 386 g/mol. The third-order valence-corrected chi connectivity index (χ3v) is 5.51. The van der Waals surface area contributed by atoms with Gasteiger partial charge in [-0.1, -0.05) is 42.5 Å². The smallest absolute Gasteiger partial charge is 0.214 e. The van der Waals surface area contributed by atoms with Crippen molar-refractivity contribution in [3.8, 4) is 17.2 Å². The number of rotatable bonds is 4. The molecule has 29 heavy (non-hydrogen) atoms. The molecule has 0 aliphatic carbocycles. The third-order valence-electron chi connectivity index (χ3n) is 5.51. The maximum atomic E-state index is 6.46. The van der Waals surface area contributed by atoms with Crippen molar-refractivity contribution >= 4 is 5.71 Å². The molecule has 0 bridgehead atoms. The van der Waals surface area contributed by atoms with E-state index in [0.29, 0.717) is 0 Å². The van der Waals surface area contributed by atoms with E-state index < -0.39 is 0 Å². The van der Waals surface area contributed by atoms with Crippen molar-refractivity contribution in [1.29, 1.82) is 0 Å². The van der Waals surface area contributed by atoms with Crippen molar-refractivity contribution in [2.24, 2.45) is 5.10 Å². The molecule has 0 unspecified atom stereocenters. The summed E-state index contributed by atoms with van der Waals surface area (Å²) in [5, 5.41) is 7.06. The Morgan fingerprint density at radius 2 is 1.69 bits per heavy atom. The Balaban J connectivity index is 1.60. The maximum Gasteiger partial charge on any atom is 0.214 e. The van der Waals surface area contributed by atoms with Crippen molar-refractivity contribution in [3.05, 3.63) is 89.5 Å². The van der Waals surface area contributed by atoms with Crippen LogP contribution >= 0.6 is 0 Å². The second-order valence-electron chi connectivity index (χ2n) is 7.13. The van der Waals surface area contributed by atoms with E-state index in [2.05, 4.69) is 23.2 Å². The van der Waals surface area contributed by atoms with E-state index in [-0.39, 0.29) is 12.3 Å². The molecular weight excluding hydrogens is 364 g/mol. The molecule has 0 amide bonds. The highest BCUT2D eigenvalue weighted by Gasteiger charge is 2.42. The Morgan fingerprint density at radius 1 is 0.897 bits per heavy atom. The monoisotopic (exact) mass is 386 g/mol. The number of para-hydroxylation sites is 1. The van der Waals surface area contributed by atoms with Crippen molar-refractivity contribution in [1.82, 2.24) is 5.01 Å². The zero-order chi connectivity index (χ0) is 19.8. The summed E-state index contributed by atoms with van der Waals surface area (Å²) in [6.45, 7) is 0. The molecule has 0 radical (unpaired) electrons. The van der Waals surface area contributed by atoms with Crippen LogP contribution in [0.2, 0.25) is 0 Å². The van der Waals surface area contributed by atoms with Gasteiger partial charge in [0, 0.05) is 17.5 Å². The molecule has 3 aromatic carbocycles. The van der Waals surface area contributed by atoms with Crippen LogP contribution in [0.4, 0.5) is 0 Å². The zero-order valence-corrected chi connectivity index (χ0v) is 16.4. The lowest BCUT2D eigenvalue weighted by Crippen LogP contribution is -2.33. The fraction of sp³-hybridized carbons (Fsp3) is 0.208. The number of hydrazone groups is 1. The van der Waals surface area contributed by atoms with Crippen LogP contribution < -0.4 is 14.2 Å². The normalized spacial score (nSPS) is 19.7. The van der Waals surface area contributed by atoms with Gasteiger partial charge in [0.15, 0.2) is 11.5 Å². The van der Waals surface area contributed by atoms with E-state index in [1.807, 2.05) is 54.6 Å². The Morgan fingerprint density at radius 3 is 2.41 bits per heavy atom. The number of benzene rings is 3. The molecule has 2 aliphatic rings. The van der Waals surface area contributed by atoms with Gasteiger partial charge in [0.05, 0.1) is 26.0 Å². The first-order chi connectivity index (χ1) is 14.3. The fourth-order valence-electron chi connectivity index (χ4n) is 4.04. The predicted molar refractivity (Wildman–Crippen MR) is 112 cm³/mol. The number of fused-ring (bicyclic) bond motifs is 3. The largest absolute Gasteiger partial charge is 0.497 e. The quantitative estimate of drug-likeness (QED) is 0.637. The fourth-order valence-corrected chi connectivity index (χ4v) is 4.04. The van der Waals surface area contributed by atoms with Gasteiger partial charge in [-0.2, -0.15) is 5.10 Å². The molecule has 0 spiro atoms. The van der Waals surface area contributed by atoms with Gasteiger partial charge in [-0.3, -0.25) is 0 Å². The molecule has 2 atom stereocenters. The minimum Gasteiger partial charge on any atom is -0.497 e. The molecule has 3 aromatic rings. The third kappa shape index (κ3) is 2.99. The first-order valence-electron chi connectivity index (χ1n) is 9.67. The van der Waals surface area contributed by atoms with Gasteiger partial charge in [-0.25, -0.2) is 5.01 Å². The molecule has 0 saturated carbocycles. The lowest BCUT2D eigenvalue weighted by Gasteiger charge is -2.38. The van der Waals surface area contributed by atoms with Crippen LogP contribution in [0, 0.1) is 0 Å². The van der Waals surface area contributed by atoms with E-state index >= 15 is 0 Å². The van der Waals surface area contributed by atoms with E-state index in [1.54, 1.807) is 14.2 Å². The minimum atomic E-state index is -0.337. The van der Waals surface area contributed by atoms with Gasteiger partial charge in [0.25, 0.3) is 0 Å². The Hall–Kier alpha value is -3.47. The highest BCUT2D eigenvalue weighted by Crippen LogP contribution is 2.50. The first kappa shape index (κ1) is 17.6. The molecular formula is C24H22N2O3. The zero-order valence-electron chi connectivity index (χ0n) is 16.4. The summed E-state index contributed by atoms with van der Waals surface area (Å²) in [4.78, 5) is 0. The van der Waals surface area contributed by atoms with E-state index in [1.165, 1.54) is 0 Å². The Bertz CT molecular complexity index is 1050. The number of hydrogen-bond acceptors (Lipinski definition) is 5. The average Bonchev–Trinajstić information content (AvgIpc) is 3.24. The van der Waals surface area contributed by atoms with Crippen molar-refractivity contribution < 1.29 is 14.2 Å². The topological polar surface area (TPSA) is 43.3 Å². The number of hydrogen-bond donors (Lipinski definition) is 0. The van der Waals surface area contributed by atoms with E-state index in [4.69, 9.17) is 19.3 Å². The van der Waals surface area contributed by atoms with Crippen LogP contribution in [-0.2, 0) is 0 Å². The Kier molecular flexibility index (Phi) is 4.35. The number of nitrogens with zero attached hydrogens (tertiary/aromatic N) is 2. The number of ether oxygens (including phenoxy) is 3. The molecule has 0 fully saturated rings. The van der Waals surface area contributed by atoms with Gasteiger partial charge in [-0.05, 0) is 35.9 Å². The number of methoxy groups -OCH3 is 2. The second kappa shape index (κ2) is 7.17. The highest BCUT2D eigenvalue weighted by atomic mass is 16.5. The van der Waals surface area contributed by atoms with Crippen molar-refractivity contribution in [2.45, 2.75) is 18.7 Å². The molecule has 2 heterocycles. The van der Waals surface area contributed by atoms with Crippen LogP contribution in [0.15, 0.2) is 77.9 Å². The first-order valence-corrected chi connectivity index (χ1v) is 9.67. The summed E-state index contributed by atoms with van der Waals surface area (Å²) >= 11 is 0. The van der Waals surface area contributed by atoms with Gasteiger partial charge in [0.2, 0.25) is 6.23 Å². The van der Waals surface area contributed by atoms with Crippen molar-refractivity contribution in [3.63, 3.8) is 0 Å². The van der Waals surface area contributed by atoms with Gasteiger partial charge < -0.3 is 14.2 Å². The van der Waals surface area contributed by atoms with Gasteiger partial charge >= 0.3 is 0 Å². The lowest BCUT2D eigenvalue weighted by atomic mass is 9.95. The molecule has 2 aliphatic heterocycles. The predicted octanol–water partition coefficient (Wildman–Crippen LogP) is 4.95. The second-order valence-corrected chi connectivity index (χ2v) is 7.13. The van der Waals surface area contributed by atoms with Crippen LogP contribution in [0.5, 0.6) is 17.2 Å². The summed E-state index contributed by atoms with van der Waals surface area (Å²) in [5.74, 6) is 2.35. The van der Waals surface area contributed by atoms with Crippen LogP contribution in [0.1, 0.15) is 35.4 Å². The molecule has 5 nitrogen and oxygen atoms in total. The van der Waals surface area contributed by atoms with E-state index in [0.717, 1.165) is 46.1 Å². The maximum absolute atomic E-state index is 6.46. The van der Waals surface area contributed by atoms with Gasteiger partial charge in [-0.15, -0.1) is 0 Å². The summed E-state index contributed by atoms with van der Waals surface area (Å²) in [7, 11) is 3.34. The van der Waals surface area contributed by atoms with Crippen LogP contribution in [0.25, 0.3) is 0 Å². The standard InChI is InChI=1S/C24H22N2O3/c1-27-18-13-11-17(12-14-18)24-26-21(15-20(25-26)16-7-4-3-5-8-16)19-9-6-10-22(28-2)23(19)29-24/h3-14,21,24H,15H2,1-2H3/t21-,24-/m1/s1.